The third-order valence-corrected chi connectivity index (χ3v) is 4.24. The number of aromatic amines is 1. The summed E-state index contributed by atoms with van der Waals surface area (Å²) in [6, 6.07) is 10.2. The molecule has 0 radical (unpaired) electrons. The van der Waals surface area contributed by atoms with E-state index in [9.17, 15) is 4.39 Å². The summed E-state index contributed by atoms with van der Waals surface area (Å²) in [7, 11) is 0. The Morgan fingerprint density at radius 3 is 2.44 bits per heavy atom. The lowest BCUT2D eigenvalue weighted by Gasteiger charge is -2.12. The molecule has 0 amide bonds. The van der Waals surface area contributed by atoms with Crippen LogP contribution in [0.25, 0.3) is 33.4 Å². The lowest BCUT2D eigenvalue weighted by Crippen LogP contribution is -2.02. The first kappa shape index (κ1) is 15.3. The quantitative estimate of drug-likeness (QED) is 0.580. The first-order valence-corrected chi connectivity index (χ1v) is 7.87. The van der Waals surface area contributed by atoms with E-state index >= 15 is 0 Å². The smallest absolute Gasteiger partial charge is 0.145 e. The van der Waals surface area contributed by atoms with Crippen LogP contribution in [0, 0.1) is 19.7 Å². The van der Waals surface area contributed by atoms with Crippen molar-refractivity contribution < 1.29 is 4.39 Å². The van der Waals surface area contributed by atoms with E-state index < -0.39 is 0 Å². The maximum atomic E-state index is 13.3. The second-order valence-corrected chi connectivity index (χ2v) is 6.03. The summed E-state index contributed by atoms with van der Waals surface area (Å²) in [6.45, 7) is 3.84. The van der Waals surface area contributed by atoms with E-state index in [0.29, 0.717) is 22.9 Å². The van der Waals surface area contributed by atoms with Crippen LogP contribution in [-0.2, 0) is 0 Å². The molecule has 0 spiro atoms. The minimum Gasteiger partial charge on any atom is -0.382 e. The number of aromatic nitrogens is 4. The van der Waals surface area contributed by atoms with Crippen molar-refractivity contribution in [3.63, 3.8) is 0 Å². The van der Waals surface area contributed by atoms with E-state index in [1.165, 1.54) is 12.1 Å². The SMILES string of the molecule is Cc1nc(-c2cc(C)c3[nH]ncc3c2)c(-c2ccc(F)cc2)nc1N. The molecule has 0 aliphatic heterocycles. The van der Waals surface area contributed by atoms with Gasteiger partial charge >= 0.3 is 0 Å². The van der Waals surface area contributed by atoms with Gasteiger partial charge in [-0.15, -0.1) is 0 Å². The molecule has 4 aromatic rings. The summed E-state index contributed by atoms with van der Waals surface area (Å²) in [5.74, 6) is 0.0678. The molecule has 5 nitrogen and oxygen atoms in total. The first-order valence-electron chi connectivity index (χ1n) is 7.87. The van der Waals surface area contributed by atoms with Crippen molar-refractivity contribution in [3.8, 4) is 22.5 Å². The Kier molecular flexibility index (Phi) is 3.46. The summed E-state index contributed by atoms with van der Waals surface area (Å²) < 4.78 is 13.3. The fourth-order valence-electron chi connectivity index (χ4n) is 2.91. The summed E-state index contributed by atoms with van der Waals surface area (Å²) >= 11 is 0. The van der Waals surface area contributed by atoms with Gasteiger partial charge in [0.25, 0.3) is 0 Å². The van der Waals surface area contributed by atoms with Crippen LogP contribution in [0.2, 0.25) is 0 Å². The number of anilines is 1. The van der Waals surface area contributed by atoms with Crippen molar-refractivity contribution in [1.82, 2.24) is 20.2 Å². The third-order valence-electron chi connectivity index (χ3n) is 4.24. The molecular formula is C19H16FN5. The maximum absolute atomic E-state index is 13.3. The van der Waals surface area contributed by atoms with E-state index in [0.717, 1.165) is 27.6 Å². The molecule has 2 heterocycles. The van der Waals surface area contributed by atoms with Gasteiger partial charge < -0.3 is 5.73 Å². The highest BCUT2D eigenvalue weighted by atomic mass is 19.1. The monoisotopic (exact) mass is 333 g/mol. The Hall–Kier alpha value is -3.28. The molecule has 3 N–H and O–H groups in total. The van der Waals surface area contributed by atoms with Gasteiger partial charge in [0.1, 0.15) is 11.6 Å². The van der Waals surface area contributed by atoms with Crippen LogP contribution in [-0.4, -0.2) is 20.2 Å². The number of nitrogens with zero attached hydrogens (tertiary/aromatic N) is 3. The highest BCUT2D eigenvalue weighted by Crippen LogP contribution is 2.33. The Labute approximate surface area is 143 Å². The van der Waals surface area contributed by atoms with Crippen LogP contribution in [0.4, 0.5) is 10.2 Å². The molecule has 2 aromatic carbocycles. The molecule has 0 atom stereocenters. The zero-order chi connectivity index (χ0) is 17.6. The molecular weight excluding hydrogens is 317 g/mol. The molecule has 0 fully saturated rings. The molecule has 2 aromatic heterocycles. The molecule has 0 saturated heterocycles. The largest absolute Gasteiger partial charge is 0.382 e. The molecule has 0 aliphatic rings. The van der Waals surface area contributed by atoms with E-state index in [4.69, 9.17) is 5.73 Å². The lowest BCUT2D eigenvalue weighted by molar-refractivity contribution is 0.628. The maximum Gasteiger partial charge on any atom is 0.145 e. The first-order chi connectivity index (χ1) is 12.0. The summed E-state index contributed by atoms with van der Waals surface area (Å²) in [6.07, 6.45) is 1.78. The van der Waals surface area contributed by atoms with E-state index in [2.05, 4.69) is 20.2 Å². The van der Waals surface area contributed by atoms with Gasteiger partial charge in [-0.05, 0) is 55.8 Å². The van der Waals surface area contributed by atoms with Crippen LogP contribution >= 0.6 is 0 Å². The topological polar surface area (TPSA) is 80.5 Å². The van der Waals surface area contributed by atoms with Crippen molar-refractivity contribution in [2.24, 2.45) is 0 Å². The highest BCUT2D eigenvalue weighted by Gasteiger charge is 2.15. The Bertz CT molecular complexity index is 1080. The molecule has 0 saturated carbocycles. The lowest BCUT2D eigenvalue weighted by atomic mass is 10.0. The second-order valence-electron chi connectivity index (χ2n) is 6.03. The normalized spacial score (nSPS) is 11.2. The molecule has 0 unspecified atom stereocenters. The van der Waals surface area contributed by atoms with Crippen molar-refractivity contribution in [1.29, 1.82) is 0 Å². The fourth-order valence-corrected chi connectivity index (χ4v) is 2.91. The van der Waals surface area contributed by atoms with Gasteiger partial charge in [0, 0.05) is 16.5 Å². The number of fused-ring (bicyclic) bond motifs is 1. The molecule has 4 rings (SSSR count). The van der Waals surface area contributed by atoms with Gasteiger partial charge in [-0.3, -0.25) is 5.10 Å². The van der Waals surface area contributed by atoms with Crippen molar-refractivity contribution in [2.45, 2.75) is 13.8 Å². The Balaban J connectivity index is 1.99. The zero-order valence-electron chi connectivity index (χ0n) is 13.8. The van der Waals surface area contributed by atoms with E-state index in [-0.39, 0.29) is 5.82 Å². The number of nitrogens with one attached hydrogen (secondary N) is 1. The second kappa shape index (κ2) is 5.66. The molecule has 0 aliphatic carbocycles. The van der Waals surface area contributed by atoms with Gasteiger partial charge in [-0.2, -0.15) is 5.10 Å². The van der Waals surface area contributed by atoms with Gasteiger partial charge in [-0.25, -0.2) is 14.4 Å². The summed E-state index contributed by atoms with van der Waals surface area (Å²) in [5, 5.41) is 8.08. The molecule has 124 valence electrons. The van der Waals surface area contributed by atoms with Crippen LogP contribution in [0.1, 0.15) is 11.3 Å². The van der Waals surface area contributed by atoms with Gasteiger partial charge in [0.05, 0.1) is 28.8 Å². The van der Waals surface area contributed by atoms with Gasteiger partial charge in [0.2, 0.25) is 0 Å². The average molecular weight is 333 g/mol. The van der Waals surface area contributed by atoms with Crippen LogP contribution in [0.5, 0.6) is 0 Å². The average Bonchev–Trinajstić information content (AvgIpc) is 3.07. The minimum absolute atomic E-state index is 0.297. The van der Waals surface area contributed by atoms with Crippen LogP contribution < -0.4 is 5.73 Å². The van der Waals surface area contributed by atoms with Crippen molar-refractivity contribution >= 4 is 16.7 Å². The zero-order valence-corrected chi connectivity index (χ0v) is 13.8. The molecule has 25 heavy (non-hydrogen) atoms. The number of rotatable bonds is 2. The van der Waals surface area contributed by atoms with Crippen molar-refractivity contribution in [2.75, 3.05) is 5.73 Å². The number of nitrogens with two attached hydrogens (primary N) is 1. The number of aryl methyl sites for hydroxylation is 2. The Morgan fingerprint density at radius 1 is 0.960 bits per heavy atom. The van der Waals surface area contributed by atoms with E-state index in [1.807, 2.05) is 26.0 Å². The molecule has 6 heteroatoms. The number of H-pyrrole nitrogens is 1. The fraction of sp³-hybridized carbons (Fsp3) is 0.105. The number of halogens is 1. The summed E-state index contributed by atoms with van der Waals surface area (Å²) in [4.78, 5) is 9.18. The van der Waals surface area contributed by atoms with E-state index in [1.54, 1.807) is 18.3 Å². The van der Waals surface area contributed by atoms with Crippen LogP contribution in [0.15, 0.2) is 42.6 Å². The van der Waals surface area contributed by atoms with Crippen LogP contribution in [0.3, 0.4) is 0 Å². The highest BCUT2D eigenvalue weighted by molar-refractivity contribution is 5.89. The predicted octanol–water partition coefficient (Wildman–Crippen LogP) is 4.03. The number of benzene rings is 2. The Morgan fingerprint density at radius 2 is 1.68 bits per heavy atom. The summed E-state index contributed by atoms with van der Waals surface area (Å²) in [5.41, 5.74) is 11.7. The number of hydrogen-bond donors (Lipinski definition) is 2. The minimum atomic E-state index is -0.297. The standard InChI is InChI=1S/C19H16FN5/c1-10-7-13(8-14-9-22-25-16(10)14)18-17(24-19(21)11(2)23-18)12-3-5-15(20)6-4-12/h3-9H,1-2H3,(H2,21,24)(H,22,25). The number of hydrogen-bond acceptors (Lipinski definition) is 4. The third kappa shape index (κ3) is 2.61. The van der Waals surface area contributed by atoms with Gasteiger partial charge in [0.15, 0.2) is 0 Å². The molecule has 0 bridgehead atoms. The number of nitrogen functional groups attached to an aromatic ring is 1. The predicted molar refractivity (Wildman–Crippen MR) is 96.4 cm³/mol. The van der Waals surface area contributed by atoms with Crippen molar-refractivity contribution in [3.05, 3.63) is 59.7 Å². The van der Waals surface area contributed by atoms with Gasteiger partial charge in [-0.1, -0.05) is 0 Å².